The van der Waals surface area contributed by atoms with E-state index >= 15 is 0 Å². The van der Waals surface area contributed by atoms with Crippen LogP contribution in [-0.2, 0) is 9.59 Å². The summed E-state index contributed by atoms with van der Waals surface area (Å²) in [6.45, 7) is 3.73. The van der Waals surface area contributed by atoms with Crippen molar-refractivity contribution in [2.75, 3.05) is 25.1 Å². The molecule has 2 aromatic rings. The van der Waals surface area contributed by atoms with Crippen molar-refractivity contribution in [3.63, 3.8) is 0 Å². The van der Waals surface area contributed by atoms with Crippen LogP contribution in [0.3, 0.4) is 0 Å². The summed E-state index contributed by atoms with van der Waals surface area (Å²) in [4.78, 5) is 30.4. The Kier molecular flexibility index (Phi) is 5.33. The fourth-order valence-electron chi connectivity index (χ4n) is 3.97. The molecule has 1 fully saturated rings. The van der Waals surface area contributed by atoms with Crippen LogP contribution in [0.5, 0.6) is 5.75 Å². The van der Waals surface area contributed by atoms with Crippen molar-refractivity contribution in [1.82, 2.24) is 4.90 Å². The van der Waals surface area contributed by atoms with E-state index in [1.54, 1.807) is 18.2 Å². The Labute approximate surface area is 175 Å². The molecule has 6 heteroatoms. The van der Waals surface area contributed by atoms with Crippen molar-refractivity contribution in [2.24, 2.45) is 5.92 Å². The average molecular weight is 411 g/mol. The zero-order valence-electron chi connectivity index (χ0n) is 16.5. The number of rotatable bonds is 4. The third-order valence-corrected chi connectivity index (χ3v) is 5.84. The lowest BCUT2D eigenvalue weighted by molar-refractivity contribution is -0.120. The van der Waals surface area contributed by atoms with E-state index in [4.69, 9.17) is 16.3 Å². The van der Waals surface area contributed by atoms with Crippen LogP contribution < -0.4 is 9.64 Å². The second-order valence-corrected chi connectivity index (χ2v) is 7.96. The maximum Gasteiger partial charge on any atom is 0.282 e. The summed E-state index contributed by atoms with van der Waals surface area (Å²) in [5.41, 5.74) is 2.01. The predicted octanol–water partition coefficient (Wildman–Crippen LogP) is 4.37. The van der Waals surface area contributed by atoms with Gasteiger partial charge in [0.05, 0.1) is 18.4 Å². The molecule has 0 saturated carbocycles. The third-order valence-electron chi connectivity index (χ3n) is 5.60. The first-order valence-electron chi connectivity index (χ1n) is 9.78. The van der Waals surface area contributed by atoms with E-state index in [9.17, 15) is 9.59 Å². The molecule has 2 aromatic carbocycles. The standard InChI is InChI=1S/C23H23ClN2O3/c1-15-10-12-25(13-11-15)21-20(16-6-4-3-5-7-16)22(27)26(23(21)28)18-14-17(24)8-9-19(18)29-2/h3-9,14-15H,10-13H2,1-2H3. The van der Waals surface area contributed by atoms with Crippen LogP contribution in [0.1, 0.15) is 25.3 Å². The number of ether oxygens (including phenoxy) is 1. The summed E-state index contributed by atoms with van der Waals surface area (Å²) in [7, 11) is 1.51. The van der Waals surface area contributed by atoms with E-state index in [-0.39, 0.29) is 11.8 Å². The van der Waals surface area contributed by atoms with E-state index < -0.39 is 0 Å². The minimum Gasteiger partial charge on any atom is -0.495 e. The Morgan fingerprint density at radius 3 is 2.34 bits per heavy atom. The molecule has 0 bridgehead atoms. The van der Waals surface area contributed by atoms with Crippen molar-refractivity contribution in [3.05, 3.63) is 64.8 Å². The largest absolute Gasteiger partial charge is 0.495 e. The number of benzene rings is 2. The van der Waals surface area contributed by atoms with Crippen LogP contribution in [0, 0.1) is 5.92 Å². The fourth-order valence-corrected chi connectivity index (χ4v) is 4.13. The summed E-state index contributed by atoms with van der Waals surface area (Å²) in [5, 5.41) is 0.433. The maximum absolute atomic E-state index is 13.6. The Morgan fingerprint density at radius 1 is 1.00 bits per heavy atom. The molecule has 150 valence electrons. The highest BCUT2D eigenvalue weighted by Crippen LogP contribution is 2.40. The first kappa shape index (κ1) is 19.5. The van der Waals surface area contributed by atoms with Crippen LogP contribution in [0.15, 0.2) is 54.2 Å². The van der Waals surface area contributed by atoms with E-state index in [2.05, 4.69) is 11.8 Å². The van der Waals surface area contributed by atoms with Gasteiger partial charge in [-0.25, -0.2) is 4.90 Å². The number of nitrogens with zero attached hydrogens (tertiary/aromatic N) is 2. The van der Waals surface area contributed by atoms with Crippen molar-refractivity contribution in [1.29, 1.82) is 0 Å². The molecule has 1 saturated heterocycles. The molecule has 0 radical (unpaired) electrons. The number of likely N-dealkylation sites (tertiary alicyclic amines) is 1. The SMILES string of the molecule is COc1ccc(Cl)cc1N1C(=O)C(c2ccccc2)=C(N2CCC(C)CC2)C1=O. The van der Waals surface area contributed by atoms with Crippen molar-refractivity contribution in [2.45, 2.75) is 19.8 Å². The molecule has 4 rings (SSSR count). The highest BCUT2D eigenvalue weighted by Gasteiger charge is 2.43. The lowest BCUT2D eigenvalue weighted by atomic mass is 9.97. The fraction of sp³-hybridized carbons (Fsp3) is 0.304. The molecule has 2 amide bonds. The third kappa shape index (κ3) is 3.51. The number of piperidine rings is 1. The number of methoxy groups -OCH3 is 1. The second kappa shape index (κ2) is 7.91. The number of carbonyl (C=O) groups excluding carboxylic acids is 2. The summed E-state index contributed by atoms with van der Waals surface area (Å²) in [6.07, 6.45) is 1.99. The highest BCUT2D eigenvalue weighted by atomic mass is 35.5. The molecule has 0 spiro atoms. The van der Waals surface area contributed by atoms with Gasteiger partial charge in [-0.2, -0.15) is 0 Å². The maximum atomic E-state index is 13.6. The summed E-state index contributed by atoms with van der Waals surface area (Å²) in [5.74, 6) is 0.361. The smallest absolute Gasteiger partial charge is 0.282 e. The van der Waals surface area contributed by atoms with Crippen LogP contribution in [0.2, 0.25) is 5.02 Å². The number of amides is 2. The van der Waals surface area contributed by atoms with Gasteiger partial charge in [-0.3, -0.25) is 9.59 Å². The Morgan fingerprint density at radius 2 is 1.69 bits per heavy atom. The number of hydrogen-bond donors (Lipinski definition) is 0. The molecule has 2 aliphatic rings. The Hall–Kier alpha value is -2.79. The van der Waals surface area contributed by atoms with Gasteiger partial charge in [0.1, 0.15) is 11.4 Å². The molecule has 0 atom stereocenters. The van der Waals surface area contributed by atoms with Gasteiger partial charge in [-0.15, -0.1) is 0 Å². The lowest BCUT2D eigenvalue weighted by Crippen LogP contribution is -2.38. The summed E-state index contributed by atoms with van der Waals surface area (Å²) in [6, 6.07) is 14.3. The van der Waals surface area contributed by atoms with Gasteiger partial charge < -0.3 is 9.64 Å². The summed E-state index contributed by atoms with van der Waals surface area (Å²) >= 11 is 6.17. The van der Waals surface area contributed by atoms with Crippen molar-refractivity contribution >= 4 is 34.7 Å². The predicted molar refractivity (Wildman–Crippen MR) is 114 cm³/mol. The summed E-state index contributed by atoms with van der Waals surface area (Å²) < 4.78 is 5.41. The minimum atomic E-state index is -0.351. The van der Waals surface area contributed by atoms with Crippen molar-refractivity contribution in [3.8, 4) is 5.75 Å². The van der Waals surface area contributed by atoms with E-state index in [0.29, 0.717) is 33.6 Å². The first-order chi connectivity index (χ1) is 14.0. The number of imide groups is 1. The van der Waals surface area contributed by atoms with Crippen LogP contribution in [0.4, 0.5) is 5.69 Å². The normalized spacial score (nSPS) is 18.0. The van der Waals surface area contributed by atoms with E-state index in [1.165, 1.54) is 12.0 Å². The van der Waals surface area contributed by atoms with Crippen LogP contribution in [-0.4, -0.2) is 36.9 Å². The van der Waals surface area contributed by atoms with Crippen LogP contribution >= 0.6 is 11.6 Å². The highest BCUT2D eigenvalue weighted by molar-refractivity contribution is 6.46. The molecule has 2 heterocycles. The number of carbonyl (C=O) groups is 2. The minimum absolute atomic E-state index is 0.330. The lowest BCUT2D eigenvalue weighted by Gasteiger charge is -2.32. The van der Waals surface area contributed by atoms with Crippen molar-refractivity contribution < 1.29 is 14.3 Å². The van der Waals surface area contributed by atoms with Gasteiger partial charge in [0.15, 0.2) is 0 Å². The number of hydrogen-bond acceptors (Lipinski definition) is 4. The second-order valence-electron chi connectivity index (χ2n) is 7.52. The quantitative estimate of drug-likeness (QED) is 0.702. The number of halogens is 1. The zero-order chi connectivity index (χ0) is 20.5. The van der Waals surface area contributed by atoms with Gasteiger partial charge in [-0.1, -0.05) is 48.9 Å². The molecule has 29 heavy (non-hydrogen) atoms. The van der Waals surface area contributed by atoms with Gasteiger partial charge >= 0.3 is 0 Å². The van der Waals surface area contributed by atoms with Gasteiger partial charge in [0, 0.05) is 18.1 Å². The number of anilines is 1. The monoisotopic (exact) mass is 410 g/mol. The zero-order valence-corrected chi connectivity index (χ0v) is 17.3. The van der Waals surface area contributed by atoms with E-state index in [0.717, 1.165) is 31.5 Å². The molecule has 0 N–H and O–H groups in total. The molecule has 5 nitrogen and oxygen atoms in total. The average Bonchev–Trinajstić information content (AvgIpc) is 2.99. The molecule has 2 aliphatic heterocycles. The Bertz CT molecular complexity index is 979. The molecule has 0 aliphatic carbocycles. The van der Waals surface area contributed by atoms with Crippen LogP contribution in [0.25, 0.3) is 5.57 Å². The van der Waals surface area contributed by atoms with E-state index in [1.807, 2.05) is 30.3 Å². The molecule has 0 unspecified atom stereocenters. The topological polar surface area (TPSA) is 49.9 Å². The molecule has 0 aromatic heterocycles. The van der Waals surface area contributed by atoms with Gasteiger partial charge in [0.2, 0.25) is 0 Å². The first-order valence-corrected chi connectivity index (χ1v) is 10.2. The van der Waals surface area contributed by atoms with Gasteiger partial charge in [-0.05, 0) is 42.5 Å². The Balaban J connectivity index is 1.83. The molecular formula is C23H23ClN2O3. The molecular weight excluding hydrogens is 388 g/mol. The van der Waals surface area contributed by atoms with Gasteiger partial charge in [0.25, 0.3) is 11.8 Å².